The molecular weight excluding hydrogens is 313 g/mol. The minimum Gasteiger partial charge on any atom is -0.395 e. The van der Waals surface area contributed by atoms with Gasteiger partial charge in [-0.2, -0.15) is 16.1 Å². The number of aliphatic hydroxyl groups excluding tert-OH is 1. The van der Waals surface area contributed by atoms with Crippen LogP contribution in [0, 0.1) is 12.7 Å². The van der Waals surface area contributed by atoms with E-state index in [1.54, 1.807) is 18.7 Å². The standard InChI is InChI=1S/C14H20FNO3S2/c1-11-9-13(4-5-14(11)15)21(18,19)16(6-7-17)12-3-2-8-20-10-12/h4-5,9,12,17H,2-3,6-8,10H2,1H3. The van der Waals surface area contributed by atoms with Crippen LogP contribution in [0.15, 0.2) is 23.1 Å². The summed E-state index contributed by atoms with van der Waals surface area (Å²) in [6.07, 6.45) is 1.77. The third-order valence-electron chi connectivity index (χ3n) is 3.60. The van der Waals surface area contributed by atoms with E-state index in [-0.39, 0.29) is 24.1 Å². The number of sulfonamides is 1. The normalized spacial score (nSPS) is 19.9. The van der Waals surface area contributed by atoms with Crippen molar-refractivity contribution < 1.29 is 17.9 Å². The lowest BCUT2D eigenvalue weighted by Gasteiger charge is -2.32. The Morgan fingerprint density at radius 2 is 2.24 bits per heavy atom. The summed E-state index contributed by atoms with van der Waals surface area (Å²) >= 11 is 1.73. The first-order valence-electron chi connectivity index (χ1n) is 6.93. The van der Waals surface area contributed by atoms with Crippen molar-refractivity contribution in [2.24, 2.45) is 0 Å². The van der Waals surface area contributed by atoms with Crippen LogP contribution in [0.25, 0.3) is 0 Å². The zero-order valence-corrected chi connectivity index (χ0v) is 13.6. The number of halogens is 1. The van der Waals surface area contributed by atoms with Crippen LogP contribution in [-0.2, 0) is 10.0 Å². The number of hydrogen-bond acceptors (Lipinski definition) is 4. The molecule has 2 rings (SSSR count). The van der Waals surface area contributed by atoms with Gasteiger partial charge in [0.05, 0.1) is 11.5 Å². The first kappa shape index (κ1) is 16.7. The van der Waals surface area contributed by atoms with E-state index in [9.17, 15) is 17.9 Å². The Bertz CT molecular complexity index is 586. The van der Waals surface area contributed by atoms with E-state index in [4.69, 9.17) is 0 Å². The zero-order chi connectivity index (χ0) is 15.5. The molecule has 0 radical (unpaired) electrons. The van der Waals surface area contributed by atoms with Gasteiger partial charge in [-0.05, 0) is 49.3 Å². The van der Waals surface area contributed by atoms with E-state index in [0.717, 1.165) is 24.3 Å². The van der Waals surface area contributed by atoms with E-state index in [1.807, 2.05) is 0 Å². The van der Waals surface area contributed by atoms with E-state index >= 15 is 0 Å². The second kappa shape index (κ2) is 7.09. The topological polar surface area (TPSA) is 57.6 Å². The minimum atomic E-state index is -3.71. The van der Waals surface area contributed by atoms with E-state index < -0.39 is 15.8 Å². The average Bonchev–Trinajstić information content (AvgIpc) is 2.48. The van der Waals surface area contributed by atoms with Crippen molar-refractivity contribution >= 4 is 21.8 Å². The van der Waals surface area contributed by atoms with Crippen molar-refractivity contribution in [2.45, 2.75) is 30.7 Å². The SMILES string of the molecule is Cc1cc(S(=O)(=O)N(CCO)C2CCCSC2)ccc1F. The molecular formula is C14H20FNO3S2. The van der Waals surface area contributed by atoms with Crippen LogP contribution in [0.2, 0.25) is 0 Å². The number of aryl methyl sites for hydroxylation is 1. The number of rotatable bonds is 5. The summed E-state index contributed by atoms with van der Waals surface area (Å²) in [4.78, 5) is 0.0884. The smallest absolute Gasteiger partial charge is 0.243 e. The predicted octanol–water partition coefficient (Wildman–Crippen LogP) is 2.01. The van der Waals surface area contributed by atoms with Crippen LogP contribution < -0.4 is 0 Å². The Hall–Kier alpha value is -0.630. The fourth-order valence-electron chi connectivity index (χ4n) is 2.46. The van der Waals surface area contributed by atoms with E-state index in [2.05, 4.69) is 0 Å². The number of thioether (sulfide) groups is 1. The Morgan fingerprint density at radius 1 is 1.48 bits per heavy atom. The highest BCUT2D eigenvalue weighted by molar-refractivity contribution is 7.99. The summed E-state index contributed by atoms with van der Waals surface area (Å²) < 4.78 is 40.2. The van der Waals surface area contributed by atoms with Gasteiger partial charge in [0, 0.05) is 18.3 Å². The van der Waals surface area contributed by atoms with Gasteiger partial charge in [0.25, 0.3) is 0 Å². The third-order valence-corrected chi connectivity index (χ3v) is 6.75. The Kier molecular flexibility index (Phi) is 5.65. The molecule has 1 aromatic carbocycles. The molecule has 1 heterocycles. The molecule has 0 saturated carbocycles. The number of nitrogens with zero attached hydrogens (tertiary/aromatic N) is 1. The van der Waals surface area contributed by atoms with Crippen LogP contribution >= 0.6 is 11.8 Å². The van der Waals surface area contributed by atoms with Gasteiger partial charge in [-0.25, -0.2) is 12.8 Å². The largest absolute Gasteiger partial charge is 0.395 e. The Labute approximate surface area is 129 Å². The molecule has 4 nitrogen and oxygen atoms in total. The Balaban J connectivity index is 2.34. The quantitative estimate of drug-likeness (QED) is 0.895. The highest BCUT2D eigenvalue weighted by Crippen LogP contribution is 2.27. The van der Waals surface area contributed by atoms with Gasteiger partial charge >= 0.3 is 0 Å². The summed E-state index contributed by atoms with van der Waals surface area (Å²) in [6.45, 7) is 1.39. The molecule has 0 bridgehead atoms. The number of aliphatic hydroxyl groups is 1. The van der Waals surface area contributed by atoms with Crippen LogP contribution in [0.1, 0.15) is 18.4 Å². The maximum atomic E-state index is 13.3. The van der Waals surface area contributed by atoms with Crippen molar-refractivity contribution in [1.82, 2.24) is 4.31 Å². The molecule has 1 aliphatic rings. The predicted molar refractivity (Wildman–Crippen MR) is 82.5 cm³/mol. The third kappa shape index (κ3) is 3.77. The lowest BCUT2D eigenvalue weighted by Crippen LogP contribution is -2.44. The molecule has 1 aliphatic heterocycles. The lowest BCUT2D eigenvalue weighted by molar-refractivity contribution is 0.226. The van der Waals surface area contributed by atoms with Crippen molar-refractivity contribution in [3.8, 4) is 0 Å². The highest BCUT2D eigenvalue weighted by Gasteiger charge is 2.32. The van der Waals surface area contributed by atoms with Crippen molar-refractivity contribution in [1.29, 1.82) is 0 Å². The number of hydrogen-bond donors (Lipinski definition) is 1. The fraction of sp³-hybridized carbons (Fsp3) is 0.571. The molecule has 7 heteroatoms. The molecule has 1 atom stereocenters. The van der Waals surface area contributed by atoms with Crippen LogP contribution in [-0.4, -0.2) is 48.5 Å². The highest BCUT2D eigenvalue weighted by atomic mass is 32.2. The summed E-state index contributed by atoms with van der Waals surface area (Å²) in [5.41, 5.74) is 0.304. The first-order valence-corrected chi connectivity index (χ1v) is 9.53. The number of benzene rings is 1. The van der Waals surface area contributed by atoms with E-state index in [0.29, 0.717) is 5.56 Å². The van der Waals surface area contributed by atoms with Gasteiger partial charge in [-0.1, -0.05) is 0 Å². The molecule has 1 fully saturated rings. The molecule has 1 saturated heterocycles. The molecule has 1 unspecified atom stereocenters. The maximum absolute atomic E-state index is 13.3. The summed E-state index contributed by atoms with van der Waals surface area (Å²) in [6, 6.07) is 3.71. The molecule has 21 heavy (non-hydrogen) atoms. The second-order valence-electron chi connectivity index (χ2n) is 5.12. The van der Waals surface area contributed by atoms with Gasteiger partial charge < -0.3 is 5.11 Å². The molecule has 1 N–H and O–H groups in total. The summed E-state index contributed by atoms with van der Waals surface area (Å²) in [7, 11) is -3.71. The first-order chi connectivity index (χ1) is 9.96. The lowest BCUT2D eigenvalue weighted by atomic mass is 10.2. The average molecular weight is 333 g/mol. The molecule has 0 spiro atoms. The van der Waals surface area contributed by atoms with Gasteiger partial charge in [0.1, 0.15) is 5.82 Å². The van der Waals surface area contributed by atoms with Gasteiger partial charge in [0.2, 0.25) is 10.0 Å². The van der Waals surface area contributed by atoms with Crippen molar-refractivity contribution in [3.63, 3.8) is 0 Å². The van der Waals surface area contributed by atoms with Crippen LogP contribution in [0.5, 0.6) is 0 Å². The fourth-order valence-corrected chi connectivity index (χ4v) is 5.44. The Morgan fingerprint density at radius 3 is 2.81 bits per heavy atom. The van der Waals surface area contributed by atoms with Gasteiger partial charge in [0.15, 0.2) is 0 Å². The molecule has 0 amide bonds. The molecule has 0 aromatic heterocycles. The minimum absolute atomic E-state index is 0.0734. The van der Waals surface area contributed by atoms with E-state index in [1.165, 1.54) is 22.5 Å². The monoisotopic (exact) mass is 333 g/mol. The molecule has 0 aliphatic carbocycles. The van der Waals surface area contributed by atoms with Gasteiger partial charge in [-0.3, -0.25) is 0 Å². The molecule has 1 aromatic rings. The van der Waals surface area contributed by atoms with Crippen LogP contribution in [0.3, 0.4) is 0 Å². The van der Waals surface area contributed by atoms with Gasteiger partial charge in [-0.15, -0.1) is 0 Å². The maximum Gasteiger partial charge on any atom is 0.243 e. The second-order valence-corrected chi connectivity index (χ2v) is 8.16. The summed E-state index contributed by atoms with van der Waals surface area (Å²) in [5, 5.41) is 9.20. The van der Waals surface area contributed by atoms with Crippen LogP contribution in [0.4, 0.5) is 4.39 Å². The summed E-state index contributed by atoms with van der Waals surface area (Å²) in [5.74, 6) is 1.36. The van der Waals surface area contributed by atoms with Crippen molar-refractivity contribution in [2.75, 3.05) is 24.7 Å². The zero-order valence-electron chi connectivity index (χ0n) is 12.0. The van der Waals surface area contributed by atoms with Crippen molar-refractivity contribution in [3.05, 3.63) is 29.6 Å². The molecule has 118 valence electrons.